The minimum atomic E-state index is -0.254. The van der Waals surface area contributed by atoms with Crippen molar-refractivity contribution in [1.82, 2.24) is 10.2 Å². The van der Waals surface area contributed by atoms with E-state index in [1.54, 1.807) is 24.3 Å². The fourth-order valence-corrected chi connectivity index (χ4v) is 3.22. The van der Waals surface area contributed by atoms with Gasteiger partial charge in [0.2, 0.25) is 0 Å². The highest BCUT2D eigenvalue weighted by Crippen LogP contribution is 2.18. The standard InChI is InChI=1S/C17H21ClN2O3/c18-13-5-3-12(4-6-13)16(21)19-14-7-9-20(10-8-14)17(22)15-2-1-11-23-15/h3-6,14-15H,1-2,7-11H2,(H,19,21). The van der Waals surface area contributed by atoms with Gasteiger partial charge in [-0.25, -0.2) is 0 Å². The van der Waals surface area contributed by atoms with E-state index in [2.05, 4.69) is 5.32 Å². The Labute approximate surface area is 140 Å². The maximum absolute atomic E-state index is 12.3. The summed E-state index contributed by atoms with van der Waals surface area (Å²) < 4.78 is 5.46. The highest BCUT2D eigenvalue weighted by Gasteiger charge is 2.31. The first-order valence-corrected chi connectivity index (χ1v) is 8.48. The molecular weight excluding hydrogens is 316 g/mol. The molecule has 3 rings (SSSR count). The number of piperidine rings is 1. The lowest BCUT2D eigenvalue weighted by molar-refractivity contribution is -0.142. The third kappa shape index (κ3) is 4.03. The minimum Gasteiger partial charge on any atom is -0.368 e. The lowest BCUT2D eigenvalue weighted by Gasteiger charge is -2.33. The Hall–Kier alpha value is -1.59. The van der Waals surface area contributed by atoms with Crippen LogP contribution in [0.1, 0.15) is 36.0 Å². The molecule has 1 atom stereocenters. The number of hydrogen-bond donors (Lipinski definition) is 1. The number of halogens is 1. The lowest BCUT2D eigenvalue weighted by atomic mass is 10.0. The van der Waals surface area contributed by atoms with E-state index in [0.717, 1.165) is 25.7 Å². The molecule has 23 heavy (non-hydrogen) atoms. The van der Waals surface area contributed by atoms with Gasteiger partial charge in [-0.15, -0.1) is 0 Å². The van der Waals surface area contributed by atoms with E-state index >= 15 is 0 Å². The van der Waals surface area contributed by atoms with Crippen LogP contribution in [0.3, 0.4) is 0 Å². The molecule has 0 radical (unpaired) electrons. The van der Waals surface area contributed by atoms with Gasteiger partial charge in [0.1, 0.15) is 6.10 Å². The van der Waals surface area contributed by atoms with E-state index < -0.39 is 0 Å². The Balaban J connectivity index is 1.48. The van der Waals surface area contributed by atoms with Crippen LogP contribution in [0.2, 0.25) is 5.02 Å². The second-order valence-electron chi connectivity index (χ2n) is 6.08. The monoisotopic (exact) mass is 336 g/mol. The van der Waals surface area contributed by atoms with Gasteiger partial charge in [-0.1, -0.05) is 11.6 Å². The van der Waals surface area contributed by atoms with Gasteiger partial charge in [-0.2, -0.15) is 0 Å². The zero-order valence-electron chi connectivity index (χ0n) is 13.0. The Morgan fingerprint density at radius 3 is 2.43 bits per heavy atom. The zero-order valence-corrected chi connectivity index (χ0v) is 13.7. The van der Waals surface area contributed by atoms with Crippen LogP contribution in [0.15, 0.2) is 24.3 Å². The number of benzene rings is 1. The fraction of sp³-hybridized carbons (Fsp3) is 0.529. The van der Waals surface area contributed by atoms with E-state index in [0.29, 0.717) is 30.3 Å². The highest BCUT2D eigenvalue weighted by molar-refractivity contribution is 6.30. The van der Waals surface area contributed by atoms with Crippen molar-refractivity contribution in [3.63, 3.8) is 0 Å². The highest BCUT2D eigenvalue weighted by atomic mass is 35.5. The molecule has 0 saturated carbocycles. The molecule has 6 heteroatoms. The second kappa shape index (κ2) is 7.32. The van der Waals surface area contributed by atoms with Crippen molar-refractivity contribution in [2.24, 2.45) is 0 Å². The average Bonchev–Trinajstić information content (AvgIpc) is 3.10. The van der Waals surface area contributed by atoms with E-state index in [1.807, 2.05) is 4.90 Å². The number of hydrogen-bond acceptors (Lipinski definition) is 3. The van der Waals surface area contributed by atoms with Crippen LogP contribution < -0.4 is 5.32 Å². The van der Waals surface area contributed by atoms with Gasteiger partial charge in [0, 0.05) is 36.3 Å². The molecule has 2 aliphatic rings. The van der Waals surface area contributed by atoms with Crippen LogP contribution in [0, 0.1) is 0 Å². The maximum Gasteiger partial charge on any atom is 0.251 e. The summed E-state index contributed by atoms with van der Waals surface area (Å²) in [4.78, 5) is 26.3. The Morgan fingerprint density at radius 1 is 1.13 bits per heavy atom. The molecule has 1 aromatic rings. The molecule has 0 aromatic heterocycles. The molecule has 0 bridgehead atoms. The Kier molecular flexibility index (Phi) is 5.18. The smallest absolute Gasteiger partial charge is 0.251 e. The number of nitrogens with zero attached hydrogens (tertiary/aromatic N) is 1. The first-order chi connectivity index (χ1) is 11.1. The Bertz CT molecular complexity index is 562. The molecule has 0 aliphatic carbocycles. The van der Waals surface area contributed by atoms with Gasteiger partial charge >= 0.3 is 0 Å². The summed E-state index contributed by atoms with van der Waals surface area (Å²) in [5, 5.41) is 3.65. The van der Waals surface area contributed by atoms with E-state index in [1.165, 1.54) is 0 Å². The normalized spacial score (nSPS) is 22.1. The third-order valence-corrected chi connectivity index (χ3v) is 4.71. The van der Waals surface area contributed by atoms with Crippen LogP contribution >= 0.6 is 11.6 Å². The number of likely N-dealkylation sites (tertiary alicyclic amines) is 1. The van der Waals surface area contributed by atoms with Gasteiger partial charge in [-0.05, 0) is 49.9 Å². The van der Waals surface area contributed by atoms with Crippen molar-refractivity contribution in [2.75, 3.05) is 19.7 Å². The van der Waals surface area contributed by atoms with Gasteiger partial charge in [0.25, 0.3) is 11.8 Å². The van der Waals surface area contributed by atoms with Crippen molar-refractivity contribution in [3.05, 3.63) is 34.9 Å². The quantitative estimate of drug-likeness (QED) is 0.921. The molecule has 1 aromatic carbocycles. The topological polar surface area (TPSA) is 58.6 Å². The first kappa shape index (κ1) is 16.3. The average molecular weight is 337 g/mol. The molecule has 5 nitrogen and oxygen atoms in total. The molecule has 2 heterocycles. The summed E-state index contributed by atoms with van der Waals surface area (Å²) in [5.41, 5.74) is 0.604. The van der Waals surface area contributed by atoms with Gasteiger partial charge in [-0.3, -0.25) is 9.59 Å². The number of carbonyl (C=O) groups excluding carboxylic acids is 2. The van der Waals surface area contributed by atoms with Crippen molar-refractivity contribution in [2.45, 2.75) is 37.8 Å². The molecule has 124 valence electrons. The van der Waals surface area contributed by atoms with Gasteiger partial charge < -0.3 is 15.0 Å². The van der Waals surface area contributed by atoms with Gasteiger partial charge in [0.05, 0.1) is 0 Å². The summed E-state index contributed by atoms with van der Waals surface area (Å²) in [6, 6.07) is 6.95. The van der Waals surface area contributed by atoms with Crippen LogP contribution in [-0.4, -0.2) is 48.6 Å². The van der Waals surface area contributed by atoms with Crippen molar-refractivity contribution in [1.29, 1.82) is 0 Å². The van der Waals surface area contributed by atoms with Crippen LogP contribution in [0.25, 0.3) is 0 Å². The molecule has 1 N–H and O–H groups in total. The summed E-state index contributed by atoms with van der Waals surface area (Å²) in [7, 11) is 0. The van der Waals surface area contributed by atoms with Crippen LogP contribution in [0.5, 0.6) is 0 Å². The predicted octanol–water partition coefficient (Wildman–Crippen LogP) is 2.24. The largest absolute Gasteiger partial charge is 0.368 e. The fourth-order valence-electron chi connectivity index (χ4n) is 3.09. The predicted molar refractivity (Wildman–Crippen MR) is 87.5 cm³/mol. The number of rotatable bonds is 3. The van der Waals surface area contributed by atoms with Crippen molar-refractivity contribution < 1.29 is 14.3 Å². The third-order valence-electron chi connectivity index (χ3n) is 4.45. The Morgan fingerprint density at radius 2 is 1.83 bits per heavy atom. The lowest BCUT2D eigenvalue weighted by Crippen LogP contribution is -2.49. The van der Waals surface area contributed by atoms with Crippen LogP contribution in [-0.2, 0) is 9.53 Å². The van der Waals surface area contributed by atoms with Crippen molar-refractivity contribution >= 4 is 23.4 Å². The van der Waals surface area contributed by atoms with E-state index in [-0.39, 0.29) is 24.0 Å². The number of carbonyl (C=O) groups is 2. The molecule has 1 unspecified atom stereocenters. The molecule has 2 amide bonds. The SMILES string of the molecule is O=C(NC1CCN(C(=O)C2CCCO2)CC1)c1ccc(Cl)cc1. The number of ether oxygens (including phenoxy) is 1. The van der Waals surface area contributed by atoms with E-state index in [9.17, 15) is 9.59 Å². The van der Waals surface area contributed by atoms with Crippen LogP contribution in [0.4, 0.5) is 0 Å². The second-order valence-corrected chi connectivity index (χ2v) is 6.52. The molecular formula is C17H21ClN2O3. The number of amides is 2. The molecule has 0 spiro atoms. The summed E-state index contributed by atoms with van der Waals surface area (Å²) >= 11 is 5.83. The summed E-state index contributed by atoms with van der Waals surface area (Å²) in [6.07, 6.45) is 3.08. The van der Waals surface area contributed by atoms with Gasteiger partial charge in [0.15, 0.2) is 0 Å². The van der Waals surface area contributed by atoms with Crippen molar-refractivity contribution in [3.8, 4) is 0 Å². The molecule has 2 aliphatic heterocycles. The molecule has 2 fully saturated rings. The number of nitrogens with one attached hydrogen (secondary N) is 1. The zero-order chi connectivity index (χ0) is 16.2. The van der Waals surface area contributed by atoms with E-state index in [4.69, 9.17) is 16.3 Å². The maximum atomic E-state index is 12.3. The summed E-state index contributed by atoms with van der Waals surface area (Å²) in [6.45, 7) is 2.03. The minimum absolute atomic E-state index is 0.0921. The molecule has 2 saturated heterocycles. The summed E-state index contributed by atoms with van der Waals surface area (Å²) in [5.74, 6) is 0.00977. The first-order valence-electron chi connectivity index (χ1n) is 8.10.